The first-order valence-electron chi connectivity index (χ1n) is 6.11. The van der Waals surface area contributed by atoms with E-state index in [0.717, 1.165) is 31.1 Å². The number of aliphatic hydroxyl groups is 1. The fraction of sp³-hybridized carbons (Fsp3) is 0.909. The molecule has 5 heteroatoms. The smallest absolute Gasteiger partial charge is 0.162 e. The van der Waals surface area contributed by atoms with E-state index in [9.17, 15) is 5.11 Å². The Morgan fingerprint density at radius 1 is 1.56 bits per heavy atom. The van der Waals surface area contributed by atoms with Crippen molar-refractivity contribution in [2.75, 3.05) is 13.1 Å². The van der Waals surface area contributed by atoms with Gasteiger partial charge in [-0.1, -0.05) is 18.7 Å². The van der Waals surface area contributed by atoms with Gasteiger partial charge in [-0.25, -0.2) is 0 Å². The predicted molar refractivity (Wildman–Crippen MR) is 64.6 cm³/mol. The molecule has 0 aliphatic carbocycles. The number of hydrogen-bond donors (Lipinski definition) is 1. The van der Waals surface area contributed by atoms with Gasteiger partial charge in [0.25, 0.3) is 0 Å². The largest absolute Gasteiger partial charge is 0.391 e. The second kappa shape index (κ2) is 4.20. The molecule has 0 bridgehead atoms. The molecule has 0 aromatic carbocycles. The van der Waals surface area contributed by atoms with E-state index in [1.165, 1.54) is 6.42 Å². The van der Waals surface area contributed by atoms with Crippen molar-refractivity contribution in [3.63, 3.8) is 0 Å². The summed E-state index contributed by atoms with van der Waals surface area (Å²) in [5, 5.41) is 11.1. The quantitative estimate of drug-likeness (QED) is 0.746. The van der Waals surface area contributed by atoms with Gasteiger partial charge in [0.15, 0.2) is 5.17 Å². The van der Waals surface area contributed by atoms with Crippen molar-refractivity contribution in [2.24, 2.45) is 4.99 Å². The summed E-state index contributed by atoms with van der Waals surface area (Å²) in [5.74, 6) is 0. The first kappa shape index (κ1) is 10.9. The Hall–Kier alpha value is -0.260. The third-order valence-corrected chi connectivity index (χ3v) is 4.76. The minimum atomic E-state index is -0.324. The van der Waals surface area contributed by atoms with Gasteiger partial charge in [0.1, 0.15) is 11.5 Å². The van der Waals surface area contributed by atoms with Crippen molar-refractivity contribution in [3.8, 4) is 0 Å². The van der Waals surface area contributed by atoms with E-state index in [0.29, 0.717) is 0 Å². The second-order valence-corrected chi connectivity index (χ2v) is 5.76. The Morgan fingerprint density at radius 2 is 2.38 bits per heavy atom. The molecule has 0 spiro atoms. The van der Waals surface area contributed by atoms with Crippen LogP contribution in [0.4, 0.5) is 0 Å². The van der Waals surface area contributed by atoms with Crippen molar-refractivity contribution in [2.45, 2.75) is 49.9 Å². The standard InChI is InChI=1S/C11H18N2O2S/c1-2-7-6-8(14)9-10(15-7)16-11(12-9)13-4-3-5-13/h7-10,14H,2-6H2,1H3/t7-,8+,9-,10-/m1/s1. The fourth-order valence-electron chi connectivity index (χ4n) is 2.35. The van der Waals surface area contributed by atoms with Crippen LogP contribution in [0.25, 0.3) is 0 Å². The van der Waals surface area contributed by atoms with Crippen molar-refractivity contribution >= 4 is 16.9 Å². The zero-order valence-corrected chi connectivity index (χ0v) is 10.3. The Kier molecular flexibility index (Phi) is 2.85. The highest BCUT2D eigenvalue weighted by atomic mass is 32.2. The number of hydrogen-bond acceptors (Lipinski definition) is 5. The molecule has 0 aromatic heterocycles. The van der Waals surface area contributed by atoms with Gasteiger partial charge in [0.05, 0.1) is 12.2 Å². The summed E-state index contributed by atoms with van der Waals surface area (Å²) in [7, 11) is 0. The summed E-state index contributed by atoms with van der Waals surface area (Å²) in [5.41, 5.74) is 0.0456. The van der Waals surface area contributed by atoms with Gasteiger partial charge in [-0.05, 0) is 12.8 Å². The predicted octanol–water partition coefficient (Wildman–Crippen LogP) is 1.05. The summed E-state index contributed by atoms with van der Waals surface area (Å²) in [6.07, 6.45) is 2.84. The normalized spacial score (nSPS) is 42.6. The maximum atomic E-state index is 10.1. The molecule has 0 amide bonds. The van der Waals surface area contributed by atoms with Gasteiger partial charge < -0.3 is 14.7 Å². The van der Waals surface area contributed by atoms with Gasteiger partial charge in [0.2, 0.25) is 0 Å². The first-order valence-corrected chi connectivity index (χ1v) is 6.99. The molecule has 2 saturated heterocycles. The molecular weight excluding hydrogens is 224 g/mol. The van der Waals surface area contributed by atoms with Crippen LogP contribution in [0.1, 0.15) is 26.2 Å². The van der Waals surface area contributed by atoms with Gasteiger partial charge in [0, 0.05) is 19.5 Å². The van der Waals surface area contributed by atoms with Crippen molar-refractivity contribution in [3.05, 3.63) is 0 Å². The fourth-order valence-corrected chi connectivity index (χ4v) is 3.67. The second-order valence-electron chi connectivity index (χ2n) is 4.70. The van der Waals surface area contributed by atoms with Crippen LogP contribution in [-0.4, -0.2) is 51.9 Å². The maximum Gasteiger partial charge on any atom is 0.162 e. The molecule has 90 valence electrons. The van der Waals surface area contributed by atoms with E-state index in [4.69, 9.17) is 4.74 Å². The third-order valence-electron chi connectivity index (χ3n) is 3.57. The lowest BCUT2D eigenvalue weighted by atomic mass is 10.0. The summed E-state index contributed by atoms with van der Waals surface area (Å²) in [4.78, 5) is 6.89. The lowest BCUT2D eigenvalue weighted by Crippen LogP contribution is -2.43. The zero-order chi connectivity index (χ0) is 11.1. The summed E-state index contributed by atoms with van der Waals surface area (Å²) in [6.45, 7) is 4.33. The van der Waals surface area contributed by atoms with Crippen molar-refractivity contribution in [1.82, 2.24) is 4.90 Å². The SMILES string of the molecule is CC[C@@H]1C[C@H](O)[C@H]2N=C(N3CCC3)S[C@H]2O1. The molecule has 0 radical (unpaired) electrons. The number of aliphatic imine (C=N–C) groups is 1. The molecule has 3 heterocycles. The highest BCUT2D eigenvalue weighted by Gasteiger charge is 2.43. The zero-order valence-electron chi connectivity index (χ0n) is 9.50. The number of ether oxygens (including phenoxy) is 1. The van der Waals surface area contributed by atoms with Crippen molar-refractivity contribution < 1.29 is 9.84 Å². The molecule has 3 aliphatic heterocycles. The Bertz CT molecular complexity index is 306. The first-order chi connectivity index (χ1) is 7.78. The number of thioether (sulfide) groups is 1. The molecule has 4 nitrogen and oxygen atoms in total. The van der Waals surface area contributed by atoms with Crippen molar-refractivity contribution in [1.29, 1.82) is 0 Å². The number of nitrogens with zero attached hydrogens (tertiary/aromatic N) is 2. The molecule has 4 atom stereocenters. The molecule has 2 fully saturated rings. The van der Waals surface area contributed by atoms with Crippen LogP contribution >= 0.6 is 11.8 Å². The van der Waals surface area contributed by atoms with E-state index >= 15 is 0 Å². The van der Waals surface area contributed by atoms with Crippen LogP contribution in [0.15, 0.2) is 4.99 Å². The topological polar surface area (TPSA) is 45.1 Å². The average molecular weight is 242 g/mol. The van der Waals surface area contributed by atoms with Crippen LogP contribution in [0.2, 0.25) is 0 Å². The molecule has 16 heavy (non-hydrogen) atoms. The van der Waals surface area contributed by atoms with Gasteiger partial charge >= 0.3 is 0 Å². The Morgan fingerprint density at radius 3 is 3.00 bits per heavy atom. The maximum absolute atomic E-state index is 10.1. The monoisotopic (exact) mass is 242 g/mol. The number of likely N-dealkylation sites (tertiary alicyclic amines) is 1. The van der Waals surface area contributed by atoms with E-state index in [1.54, 1.807) is 11.8 Å². The molecule has 1 N–H and O–H groups in total. The molecular formula is C11H18N2O2S. The third kappa shape index (κ3) is 1.75. The highest BCUT2D eigenvalue weighted by molar-refractivity contribution is 8.14. The molecule has 3 aliphatic rings. The van der Waals surface area contributed by atoms with Gasteiger partial charge in [-0.3, -0.25) is 4.99 Å². The number of aliphatic hydroxyl groups excluding tert-OH is 1. The van der Waals surface area contributed by atoms with E-state index in [2.05, 4.69) is 16.8 Å². The minimum Gasteiger partial charge on any atom is -0.391 e. The van der Waals surface area contributed by atoms with E-state index in [-0.39, 0.29) is 23.7 Å². The summed E-state index contributed by atoms with van der Waals surface area (Å²) < 4.78 is 5.94. The molecule has 0 saturated carbocycles. The van der Waals surface area contributed by atoms with Gasteiger partial charge in [-0.15, -0.1) is 0 Å². The summed E-state index contributed by atoms with van der Waals surface area (Å²) in [6, 6.07) is -0.0385. The van der Waals surface area contributed by atoms with E-state index in [1.807, 2.05) is 0 Å². The van der Waals surface area contributed by atoms with Crippen LogP contribution in [-0.2, 0) is 4.74 Å². The van der Waals surface area contributed by atoms with E-state index < -0.39 is 0 Å². The molecule has 0 unspecified atom stereocenters. The molecule has 0 aromatic rings. The average Bonchev–Trinajstić information content (AvgIpc) is 2.58. The van der Waals surface area contributed by atoms with Crippen LogP contribution < -0.4 is 0 Å². The highest BCUT2D eigenvalue weighted by Crippen LogP contribution is 2.38. The lowest BCUT2D eigenvalue weighted by molar-refractivity contribution is -0.0705. The molecule has 3 rings (SSSR count). The van der Waals surface area contributed by atoms with Crippen LogP contribution in [0, 0.1) is 0 Å². The van der Waals surface area contributed by atoms with Gasteiger partial charge in [-0.2, -0.15) is 0 Å². The number of rotatable bonds is 1. The Balaban J connectivity index is 1.70. The van der Waals surface area contributed by atoms with Crippen LogP contribution in [0.5, 0.6) is 0 Å². The Labute approximate surface area is 100 Å². The number of amidine groups is 1. The summed E-state index contributed by atoms with van der Waals surface area (Å²) >= 11 is 1.70. The lowest BCUT2D eigenvalue weighted by Gasteiger charge is -2.34. The van der Waals surface area contributed by atoms with Crippen LogP contribution in [0.3, 0.4) is 0 Å². The minimum absolute atomic E-state index is 0.0385. The number of fused-ring (bicyclic) bond motifs is 1.